The van der Waals surface area contributed by atoms with E-state index < -0.39 is 0 Å². The summed E-state index contributed by atoms with van der Waals surface area (Å²) in [5.74, 6) is 0.388. The van der Waals surface area contributed by atoms with Gasteiger partial charge in [-0.15, -0.1) is 0 Å². The first-order valence-corrected chi connectivity index (χ1v) is 8.19. The van der Waals surface area contributed by atoms with Crippen molar-refractivity contribution in [3.05, 3.63) is 29.3 Å². The molecule has 1 aromatic carbocycles. The minimum atomic E-state index is 0.0327. The Morgan fingerprint density at radius 3 is 2.71 bits per heavy atom. The van der Waals surface area contributed by atoms with E-state index in [4.69, 9.17) is 4.74 Å². The first-order chi connectivity index (χ1) is 9.99. The highest BCUT2D eigenvalue weighted by Crippen LogP contribution is 2.33. The molecular weight excluding hydrogens is 262 g/mol. The number of aryl methyl sites for hydroxylation is 1. The predicted molar refractivity (Wildman–Crippen MR) is 86.7 cm³/mol. The number of phenols is 1. The van der Waals surface area contributed by atoms with E-state index >= 15 is 0 Å². The molecule has 2 unspecified atom stereocenters. The van der Waals surface area contributed by atoms with Crippen LogP contribution >= 0.6 is 0 Å². The lowest BCUT2D eigenvalue weighted by Crippen LogP contribution is -2.47. The predicted octanol–water partition coefficient (Wildman–Crippen LogP) is 4.09. The number of phenolic OH excluding ortho intramolecular Hbond substituents is 1. The molecule has 2 rings (SSSR count). The fourth-order valence-corrected chi connectivity index (χ4v) is 3.38. The van der Waals surface area contributed by atoms with Crippen molar-refractivity contribution in [1.29, 1.82) is 0 Å². The van der Waals surface area contributed by atoms with E-state index in [0.717, 1.165) is 43.4 Å². The lowest BCUT2D eigenvalue weighted by atomic mass is 9.85. The number of aromatic hydroxyl groups is 1. The Bertz CT molecular complexity index is 468. The summed E-state index contributed by atoms with van der Waals surface area (Å²) >= 11 is 0. The molecule has 118 valence electrons. The molecule has 0 aliphatic carbocycles. The van der Waals surface area contributed by atoms with Crippen molar-refractivity contribution < 1.29 is 9.84 Å². The summed E-state index contributed by atoms with van der Waals surface area (Å²) < 4.78 is 6.03. The van der Waals surface area contributed by atoms with E-state index in [-0.39, 0.29) is 11.6 Å². The quantitative estimate of drug-likeness (QED) is 0.858. The zero-order chi connectivity index (χ0) is 15.5. The summed E-state index contributed by atoms with van der Waals surface area (Å²) in [6.45, 7) is 9.37. The Kier molecular flexibility index (Phi) is 5.28. The highest BCUT2D eigenvalue weighted by atomic mass is 16.5. The summed E-state index contributed by atoms with van der Waals surface area (Å²) in [6, 6.07) is 6.52. The Balaban J connectivity index is 2.03. The highest BCUT2D eigenvalue weighted by Gasteiger charge is 2.34. The van der Waals surface area contributed by atoms with Crippen LogP contribution in [0.3, 0.4) is 0 Å². The van der Waals surface area contributed by atoms with Gasteiger partial charge in [-0.1, -0.05) is 26.0 Å². The largest absolute Gasteiger partial charge is 0.508 e. The molecule has 1 aliphatic rings. The molecule has 0 amide bonds. The zero-order valence-electron chi connectivity index (χ0n) is 13.8. The fraction of sp³-hybridized carbons (Fsp3) is 0.667. The van der Waals surface area contributed by atoms with Gasteiger partial charge in [0.25, 0.3) is 0 Å². The lowest BCUT2D eigenvalue weighted by Gasteiger charge is -2.41. The average molecular weight is 291 g/mol. The van der Waals surface area contributed by atoms with Gasteiger partial charge in [-0.05, 0) is 51.2 Å². The number of ether oxygens (including phenoxy) is 1. The van der Waals surface area contributed by atoms with Crippen LogP contribution in [0.2, 0.25) is 0 Å². The van der Waals surface area contributed by atoms with Crippen molar-refractivity contribution in [2.24, 2.45) is 0 Å². The highest BCUT2D eigenvalue weighted by molar-refractivity contribution is 5.37. The second-order valence-corrected chi connectivity index (χ2v) is 6.38. The smallest absolute Gasteiger partial charge is 0.120 e. The maximum absolute atomic E-state index is 10.1. The summed E-state index contributed by atoms with van der Waals surface area (Å²) in [4.78, 5) is 0. The Labute approximate surface area is 128 Å². The molecule has 21 heavy (non-hydrogen) atoms. The van der Waals surface area contributed by atoms with Gasteiger partial charge in [-0.25, -0.2) is 0 Å². The lowest BCUT2D eigenvalue weighted by molar-refractivity contribution is -0.0939. The molecule has 1 aromatic rings. The monoisotopic (exact) mass is 291 g/mol. The van der Waals surface area contributed by atoms with Gasteiger partial charge >= 0.3 is 0 Å². The molecule has 2 N–H and O–H groups in total. The van der Waals surface area contributed by atoms with Crippen molar-refractivity contribution in [3.63, 3.8) is 0 Å². The van der Waals surface area contributed by atoms with Crippen molar-refractivity contribution in [1.82, 2.24) is 5.32 Å². The molecule has 0 radical (unpaired) electrons. The minimum Gasteiger partial charge on any atom is -0.508 e. The van der Waals surface area contributed by atoms with Crippen molar-refractivity contribution in [2.45, 2.75) is 71.1 Å². The molecule has 2 atom stereocenters. The molecule has 0 bridgehead atoms. The van der Waals surface area contributed by atoms with Crippen LogP contribution in [0, 0.1) is 6.92 Å². The third-order valence-electron chi connectivity index (χ3n) is 4.92. The maximum atomic E-state index is 10.1. The second kappa shape index (κ2) is 6.80. The topological polar surface area (TPSA) is 41.5 Å². The summed E-state index contributed by atoms with van der Waals surface area (Å²) in [5.41, 5.74) is 2.10. The Morgan fingerprint density at radius 2 is 2.10 bits per heavy atom. The fourth-order valence-electron chi connectivity index (χ4n) is 3.38. The van der Waals surface area contributed by atoms with Gasteiger partial charge in [-0.2, -0.15) is 0 Å². The molecule has 1 saturated heterocycles. The zero-order valence-corrected chi connectivity index (χ0v) is 13.8. The van der Waals surface area contributed by atoms with Gasteiger partial charge in [0.05, 0.1) is 5.60 Å². The minimum absolute atomic E-state index is 0.0327. The van der Waals surface area contributed by atoms with Crippen LogP contribution in [0.4, 0.5) is 0 Å². The van der Waals surface area contributed by atoms with E-state index in [1.807, 2.05) is 19.1 Å². The van der Waals surface area contributed by atoms with Crippen LogP contribution in [0.5, 0.6) is 5.75 Å². The van der Waals surface area contributed by atoms with Gasteiger partial charge in [0.1, 0.15) is 5.75 Å². The van der Waals surface area contributed by atoms with Gasteiger partial charge in [0, 0.05) is 24.3 Å². The van der Waals surface area contributed by atoms with Crippen molar-refractivity contribution in [2.75, 3.05) is 6.61 Å². The maximum Gasteiger partial charge on any atom is 0.120 e. The molecule has 0 saturated carbocycles. The van der Waals surface area contributed by atoms with Crippen LogP contribution in [0.1, 0.15) is 63.6 Å². The third kappa shape index (κ3) is 3.78. The number of rotatable bonds is 5. The van der Waals surface area contributed by atoms with Crippen LogP contribution < -0.4 is 5.32 Å². The summed E-state index contributed by atoms with van der Waals surface area (Å²) in [6.07, 6.45) is 4.22. The molecule has 1 fully saturated rings. The van der Waals surface area contributed by atoms with E-state index in [1.165, 1.54) is 0 Å². The van der Waals surface area contributed by atoms with Gasteiger partial charge in [0.15, 0.2) is 0 Å². The van der Waals surface area contributed by atoms with Crippen molar-refractivity contribution in [3.8, 4) is 5.75 Å². The van der Waals surface area contributed by atoms with Gasteiger partial charge in [0.2, 0.25) is 0 Å². The molecule has 3 nitrogen and oxygen atoms in total. The molecule has 1 heterocycles. The van der Waals surface area contributed by atoms with Crippen LogP contribution in [-0.2, 0) is 4.74 Å². The Morgan fingerprint density at radius 1 is 1.38 bits per heavy atom. The van der Waals surface area contributed by atoms with Crippen LogP contribution in [0.15, 0.2) is 18.2 Å². The van der Waals surface area contributed by atoms with Crippen LogP contribution in [0.25, 0.3) is 0 Å². The van der Waals surface area contributed by atoms with Gasteiger partial charge < -0.3 is 15.2 Å². The first kappa shape index (κ1) is 16.3. The summed E-state index contributed by atoms with van der Waals surface area (Å²) in [5, 5.41) is 13.8. The van der Waals surface area contributed by atoms with E-state index in [2.05, 4.69) is 32.2 Å². The number of hydrogen-bond acceptors (Lipinski definition) is 3. The molecule has 0 spiro atoms. The molecule has 0 aromatic heterocycles. The Hall–Kier alpha value is -1.06. The second-order valence-electron chi connectivity index (χ2n) is 6.38. The molecular formula is C18H29NO2. The SMILES string of the molecule is CCC1(CC)CC(NC(C)c2ccc(C)cc2O)CCO1. The average Bonchev–Trinajstić information content (AvgIpc) is 2.47. The van der Waals surface area contributed by atoms with Gasteiger partial charge in [-0.3, -0.25) is 0 Å². The normalized spacial score (nSPS) is 23.0. The molecule has 3 heteroatoms. The van der Waals surface area contributed by atoms with Crippen LogP contribution in [-0.4, -0.2) is 23.4 Å². The third-order valence-corrected chi connectivity index (χ3v) is 4.92. The molecule has 1 aliphatic heterocycles. The number of nitrogens with one attached hydrogen (secondary N) is 1. The standard InChI is InChI=1S/C18H29NO2/c1-5-18(6-2)12-15(9-10-21-18)19-14(4)16-8-7-13(3)11-17(16)20/h7-8,11,14-15,19-20H,5-6,9-10,12H2,1-4H3. The number of hydrogen-bond donors (Lipinski definition) is 2. The van der Waals surface area contributed by atoms with Crippen molar-refractivity contribution >= 4 is 0 Å². The van der Waals surface area contributed by atoms with E-state index in [1.54, 1.807) is 0 Å². The number of benzene rings is 1. The van der Waals surface area contributed by atoms with E-state index in [0.29, 0.717) is 11.8 Å². The summed E-state index contributed by atoms with van der Waals surface area (Å²) in [7, 11) is 0. The first-order valence-electron chi connectivity index (χ1n) is 8.19. The van der Waals surface area contributed by atoms with E-state index in [9.17, 15) is 5.11 Å².